The topological polar surface area (TPSA) is 3.24 Å². The van der Waals surface area contributed by atoms with Crippen LogP contribution in [-0.2, 0) is 0 Å². The molecule has 18 heavy (non-hydrogen) atoms. The summed E-state index contributed by atoms with van der Waals surface area (Å²) in [6.07, 6.45) is 9.32. The highest BCUT2D eigenvalue weighted by molar-refractivity contribution is 9.11. The van der Waals surface area contributed by atoms with Crippen LogP contribution in [-0.4, -0.2) is 32.1 Å². The van der Waals surface area contributed by atoms with Gasteiger partial charge in [0, 0.05) is 23.6 Å². The van der Waals surface area contributed by atoms with Crippen LogP contribution in [0.4, 0.5) is 0 Å². The molecule has 1 aliphatic carbocycles. The zero-order valence-corrected chi connectivity index (χ0v) is 14.8. The molecule has 0 spiro atoms. The van der Waals surface area contributed by atoms with Gasteiger partial charge in [-0.3, -0.25) is 4.90 Å². The van der Waals surface area contributed by atoms with Gasteiger partial charge in [-0.2, -0.15) is 0 Å². The molecule has 0 aromatic heterocycles. The Morgan fingerprint density at radius 1 is 1.28 bits per heavy atom. The zero-order chi connectivity index (χ0) is 13.6. The number of hydrogen-bond donors (Lipinski definition) is 0. The molecular formula is C15H28BrNSi. The van der Waals surface area contributed by atoms with Crippen molar-refractivity contribution in [1.29, 1.82) is 0 Å². The molecule has 0 N–H and O–H groups in total. The molecule has 104 valence electrons. The molecule has 1 rings (SSSR count). The summed E-state index contributed by atoms with van der Waals surface area (Å²) in [5, 5.41) is 0. The van der Waals surface area contributed by atoms with E-state index >= 15 is 0 Å². The predicted molar refractivity (Wildman–Crippen MR) is 89.0 cm³/mol. The molecule has 0 atom stereocenters. The highest BCUT2D eigenvalue weighted by Gasteiger charge is 2.20. The van der Waals surface area contributed by atoms with Gasteiger partial charge in [-0.1, -0.05) is 73.2 Å². The molecule has 3 heteroatoms. The van der Waals surface area contributed by atoms with Crippen LogP contribution in [0.3, 0.4) is 0 Å². The van der Waals surface area contributed by atoms with Crippen molar-refractivity contribution in [2.45, 2.75) is 57.8 Å². The summed E-state index contributed by atoms with van der Waals surface area (Å²) < 4.78 is 1.11. The van der Waals surface area contributed by atoms with Crippen LogP contribution < -0.4 is 0 Å². The smallest absolute Gasteiger partial charge is 0.0683 e. The van der Waals surface area contributed by atoms with Gasteiger partial charge in [0.25, 0.3) is 0 Å². The fourth-order valence-electron chi connectivity index (χ4n) is 2.55. The first-order valence-electron chi connectivity index (χ1n) is 7.13. The first-order chi connectivity index (χ1) is 8.38. The minimum Gasteiger partial charge on any atom is -0.292 e. The molecule has 0 bridgehead atoms. The highest BCUT2D eigenvalue weighted by atomic mass is 79.9. The number of rotatable bonds is 6. The molecule has 0 heterocycles. The van der Waals surface area contributed by atoms with Crippen LogP contribution in [0.5, 0.6) is 0 Å². The maximum absolute atomic E-state index is 4.01. The molecule has 0 aromatic rings. The van der Waals surface area contributed by atoms with Gasteiger partial charge in [-0.05, 0) is 12.8 Å². The van der Waals surface area contributed by atoms with E-state index in [-0.39, 0.29) is 0 Å². The second kappa shape index (κ2) is 7.66. The second-order valence-electron chi connectivity index (χ2n) is 6.51. The second-order valence-corrected chi connectivity index (χ2v) is 12.7. The van der Waals surface area contributed by atoms with E-state index in [1.165, 1.54) is 32.1 Å². The fourth-order valence-corrected chi connectivity index (χ4v) is 3.69. The summed E-state index contributed by atoms with van der Waals surface area (Å²) >= 11 is 3.52. The van der Waals surface area contributed by atoms with Gasteiger partial charge in [0.2, 0.25) is 0 Å². The Labute approximate surface area is 122 Å². The van der Waals surface area contributed by atoms with Gasteiger partial charge in [-0.25, -0.2) is 0 Å². The fraction of sp³-hybridized carbons (Fsp3) is 0.733. The van der Waals surface area contributed by atoms with Crippen LogP contribution >= 0.6 is 15.9 Å². The van der Waals surface area contributed by atoms with Crippen molar-refractivity contribution in [3.63, 3.8) is 0 Å². The molecule has 0 saturated heterocycles. The normalized spacial score (nSPS) is 18.7. The molecule has 1 fully saturated rings. The summed E-state index contributed by atoms with van der Waals surface area (Å²) in [5.74, 6) is 0. The van der Waals surface area contributed by atoms with E-state index in [4.69, 9.17) is 0 Å². The van der Waals surface area contributed by atoms with Gasteiger partial charge in [0.05, 0.1) is 8.07 Å². The Morgan fingerprint density at radius 3 is 2.39 bits per heavy atom. The number of nitrogens with zero attached hydrogens (tertiary/aromatic N) is 1. The minimum absolute atomic E-state index is 0.763. The number of hydrogen-bond acceptors (Lipinski definition) is 1. The van der Waals surface area contributed by atoms with Crippen molar-refractivity contribution < 1.29 is 0 Å². The summed E-state index contributed by atoms with van der Waals surface area (Å²) in [7, 11) is -1.05. The third-order valence-electron chi connectivity index (χ3n) is 3.42. The Hall–Kier alpha value is 0.137. The Bertz CT molecular complexity index is 287. The quantitative estimate of drug-likeness (QED) is 0.622. The maximum atomic E-state index is 4.01. The minimum atomic E-state index is -1.05. The third kappa shape index (κ3) is 6.91. The van der Waals surface area contributed by atoms with Crippen molar-refractivity contribution in [3.8, 4) is 0 Å². The standard InChI is InChI=1S/C15H28BrNSi/c1-14(16)13-17(11-8-12-18(2,3)4)15-9-6-5-7-10-15/h8,12,15H,1,5-7,9-11,13H2,2-4H3/b12-8-. The molecule has 0 radical (unpaired) electrons. The van der Waals surface area contributed by atoms with Crippen LogP contribution in [0.25, 0.3) is 0 Å². The van der Waals surface area contributed by atoms with Gasteiger partial charge in [-0.15, -0.1) is 0 Å². The van der Waals surface area contributed by atoms with E-state index in [9.17, 15) is 0 Å². The lowest BCUT2D eigenvalue weighted by molar-refractivity contribution is 0.188. The van der Waals surface area contributed by atoms with Gasteiger partial charge in [0.1, 0.15) is 0 Å². The highest BCUT2D eigenvalue weighted by Crippen LogP contribution is 2.23. The summed E-state index contributed by atoms with van der Waals surface area (Å²) in [4.78, 5) is 2.59. The number of halogens is 1. The van der Waals surface area contributed by atoms with Crippen molar-refractivity contribution in [2.24, 2.45) is 0 Å². The van der Waals surface area contributed by atoms with Crippen molar-refractivity contribution in [2.75, 3.05) is 13.1 Å². The zero-order valence-electron chi connectivity index (χ0n) is 12.2. The summed E-state index contributed by atoms with van der Waals surface area (Å²) in [6, 6.07) is 0.763. The van der Waals surface area contributed by atoms with Crippen LogP contribution in [0, 0.1) is 0 Å². The monoisotopic (exact) mass is 329 g/mol. The van der Waals surface area contributed by atoms with E-state index in [0.29, 0.717) is 0 Å². The van der Waals surface area contributed by atoms with E-state index in [1.54, 1.807) is 0 Å². The SMILES string of the molecule is C=C(Br)CN(C/C=C\[Si](C)(C)C)C1CCCCC1. The largest absolute Gasteiger partial charge is 0.292 e. The predicted octanol–water partition coefficient (Wildman–Crippen LogP) is 4.96. The molecule has 0 aliphatic heterocycles. The van der Waals surface area contributed by atoms with Gasteiger partial charge >= 0.3 is 0 Å². The molecular weight excluding hydrogens is 302 g/mol. The molecule has 1 nitrogen and oxygen atoms in total. The summed E-state index contributed by atoms with van der Waals surface area (Å²) in [6.45, 7) is 13.2. The average molecular weight is 330 g/mol. The lowest BCUT2D eigenvalue weighted by atomic mass is 9.94. The average Bonchev–Trinajstić information content (AvgIpc) is 2.27. The van der Waals surface area contributed by atoms with E-state index in [2.05, 4.69) is 58.8 Å². The lowest BCUT2D eigenvalue weighted by Gasteiger charge is -2.33. The Morgan fingerprint density at radius 2 is 1.89 bits per heavy atom. The van der Waals surface area contributed by atoms with E-state index < -0.39 is 8.07 Å². The molecule has 0 amide bonds. The van der Waals surface area contributed by atoms with Crippen molar-refractivity contribution >= 4 is 24.0 Å². The Balaban J connectivity index is 2.54. The van der Waals surface area contributed by atoms with Crippen molar-refractivity contribution in [3.05, 3.63) is 22.8 Å². The lowest BCUT2D eigenvalue weighted by Crippen LogP contribution is -2.37. The molecule has 0 aromatic carbocycles. The first kappa shape index (κ1) is 16.2. The van der Waals surface area contributed by atoms with Crippen LogP contribution in [0.15, 0.2) is 22.8 Å². The first-order valence-corrected chi connectivity index (χ1v) is 11.5. The van der Waals surface area contributed by atoms with Gasteiger partial charge in [0.15, 0.2) is 0 Å². The van der Waals surface area contributed by atoms with Gasteiger partial charge < -0.3 is 0 Å². The Kier molecular flexibility index (Phi) is 6.89. The van der Waals surface area contributed by atoms with E-state index in [0.717, 1.165) is 23.6 Å². The van der Waals surface area contributed by atoms with Crippen molar-refractivity contribution in [1.82, 2.24) is 4.90 Å². The van der Waals surface area contributed by atoms with Crippen LogP contribution in [0.2, 0.25) is 19.6 Å². The maximum Gasteiger partial charge on any atom is 0.0683 e. The van der Waals surface area contributed by atoms with E-state index in [1.807, 2.05) is 0 Å². The van der Waals surface area contributed by atoms with Crippen LogP contribution in [0.1, 0.15) is 32.1 Å². The summed E-state index contributed by atoms with van der Waals surface area (Å²) in [5.41, 5.74) is 2.46. The molecule has 0 unspecified atom stereocenters. The molecule has 1 saturated carbocycles. The molecule has 1 aliphatic rings. The third-order valence-corrected chi connectivity index (χ3v) is 4.91.